The second-order valence-corrected chi connectivity index (χ2v) is 6.48. The van der Waals surface area contributed by atoms with Gasteiger partial charge in [0.25, 0.3) is 0 Å². The van der Waals surface area contributed by atoms with Crippen molar-refractivity contribution < 1.29 is 12.9 Å². The number of quaternary nitrogens is 1. The van der Waals surface area contributed by atoms with Gasteiger partial charge in [-0.15, -0.1) is 24.0 Å². The van der Waals surface area contributed by atoms with Crippen molar-refractivity contribution in [2.75, 3.05) is 45.0 Å². The molecular formula is C10H24IN2O2S+. The summed E-state index contributed by atoms with van der Waals surface area (Å²) < 4.78 is 26.0. The molecular weight excluding hydrogens is 339 g/mol. The summed E-state index contributed by atoms with van der Waals surface area (Å²) in [5.41, 5.74) is 0. The van der Waals surface area contributed by atoms with Gasteiger partial charge in [0.1, 0.15) is 0 Å². The van der Waals surface area contributed by atoms with Crippen LogP contribution in [0.5, 0.6) is 0 Å². The molecule has 0 saturated carbocycles. The first-order chi connectivity index (χ1) is 6.99. The zero-order valence-corrected chi connectivity index (χ0v) is 13.6. The number of piperazine rings is 1. The molecule has 0 N–H and O–H groups in total. The molecule has 0 radical (unpaired) electrons. The highest BCUT2D eigenvalue weighted by Crippen LogP contribution is 2.15. The Bertz CT molecular complexity index is 292. The first kappa shape index (κ1) is 16.6. The fourth-order valence-corrected chi connectivity index (χ4v) is 3.27. The lowest BCUT2D eigenvalue weighted by molar-refractivity contribution is -0.928. The van der Waals surface area contributed by atoms with E-state index in [-0.39, 0.29) is 29.7 Å². The topological polar surface area (TPSA) is 37.4 Å². The molecule has 6 heteroatoms. The summed E-state index contributed by atoms with van der Waals surface area (Å²) in [6.07, 6.45) is 0. The maximum absolute atomic E-state index is 11.7. The van der Waals surface area contributed by atoms with Crippen LogP contribution in [0.4, 0.5) is 0 Å². The Balaban J connectivity index is 0.00000225. The van der Waals surface area contributed by atoms with Crippen molar-refractivity contribution in [1.29, 1.82) is 0 Å². The van der Waals surface area contributed by atoms with E-state index in [0.717, 1.165) is 30.7 Å². The number of hydrogen-bond acceptors (Lipinski definition) is 2. The van der Waals surface area contributed by atoms with E-state index in [4.69, 9.17) is 0 Å². The van der Waals surface area contributed by atoms with Crippen molar-refractivity contribution in [3.63, 3.8) is 0 Å². The summed E-state index contributed by atoms with van der Waals surface area (Å²) in [5.74, 6) is 0.227. The van der Waals surface area contributed by atoms with E-state index in [1.54, 1.807) is 11.2 Å². The fraction of sp³-hybridized carbons (Fsp3) is 1.00. The van der Waals surface area contributed by atoms with Crippen molar-refractivity contribution in [2.24, 2.45) is 0 Å². The van der Waals surface area contributed by atoms with Gasteiger partial charge in [-0.3, -0.25) is 0 Å². The van der Waals surface area contributed by atoms with Crippen LogP contribution in [0.2, 0.25) is 0 Å². The van der Waals surface area contributed by atoms with Gasteiger partial charge in [0.15, 0.2) is 0 Å². The van der Waals surface area contributed by atoms with Crippen molar-refractivity contribution in [3.8, 4) is 0 Å². The normalized spacial score (nSPS) is 21.4. The van der Waals surface area contributed by atoms with Gasteiger partial charge in [-0.2, -0.15) is 4.31 Å². The van der Waals surface area contributed by atoms with Gasteiger partial charge in [0.2, 0.25) is 10.0 Å². The van der Waals surface area contributed by atoms with Gasteiger partial charge >= 0.3 is 0 Å². The molecule has 0 atom stereocenters. The molecule has 1 saturated heterocycles. The molecule has 1 heterocycles. The SMILES string of the molecule is CC[N+]1(CC)CCN(S(=O)(=O)CC)CC1.I. The zero-order valence-electron chi connectivity index (χ0n) is 10.5. The maximum atomic E-state index is 11.7. The summed E-state index contributed by atoms with van der Waals surface area (Å²) in [6.45, 7) is 11.6. The van der Waals surface area contributed by atoms with Crippen LogP contribution in [0, 0.1) is 0 Å². The third-order valence-electron chi connectivity index (χ3n) is 3.75. The molecule has 0 amide bonds. The van der Waals surface area contributed by atoms with Crippen LogP contribution in [0.1, 0.15) is 20.8 Å². The summed E-state index contributed by atoms with van der Waals surface area (Å²) in [5, 5.41) is 0. The minimum Gasteiger partial charge on any atom is -0.322 e. The molecule has 0 aromatic rings. The number of halogens is 1. The summed E-state index contributed by atoms with van der Waals surface area (Å²) in [7, 11) is -2.96. The largest absolute Gasteiger partial charge is 0.322 e. The van der Waals surface area contributed by atoms with Crippen molar-refractivity contribution in [2.45, 2.75) is 20.8 Å². The Morgan fingerprint density at radius 2 is 1.50 bits per heavy atom. The molecule has 1 rings (SSSR count). The highest BCUT2D eigenvalue weighted by Gasteiger charge is 2.33. The highest BCUT2D eigenvalue weighted by atomic mass is 127. The second-order valence-electron chi connectivity index (χ2n) is 4.22. The van der Waals surface area contributed by atoms with Crippen LogP contribution >= 0.6 is 24.0 Å². The number of nitrogens with zero attached hydrogens (tertiary/aromatic N) is 2. The number of hydrogen-bond donors (Lipinski definition) is 0. The van der Waals surface area contributed by atoms with E-state index in [1.165, 1.54) is 0 Å². The van der Waals surface area contributed by atoms with Crippen molar-refractivity contribution in [1.82, 2.24) is 4.31 Å². The zero-order chi connectivity index (χ0) is 11.5. The standard InChI is InChI=1S/C10H23N2O2S.HI/c1-4-12(5-2)9-7-11(8-10-12)15(13,14)6-3;/h4-10H2,1-3H3;1H/q+1;. The van der Waals surface area contributed by atoms with Gasteiger partial charge in [-0.05, 0) is 20.8 Å². The summed E-state index contributed by atoms with van der Waals surface area (Å²) in [4.78, 5) is 0. The Hall–Kier alpha value is 0.600. The van der Waals surface area contributed by atoms with Gasteiger partial charge < -0.3 is 4.48 Å². The van der Waals surface area contributed by atoms with Crippen LogP contribution in [-0.2, 0) is 10.0 Å². The molecule has 0 aromatic carbocycles. The third-order valence-corrected chi connectivity index (χ3v) is 5.63. The van der Waals surface area contributed by atoms with Gasteiger partial charge in [0, 0.05) is 0 Å². The number of likely N-dealkylation sites (N-methyl/N-ethyl adjacent to an activating group) is 1. The second kappa shape index (κ2) is 6.51. The minimum atomic E-state index is -2.96. The lowest BCUT2D eigenvalue weighted by Gasteiger charge is -2.43. The molecule has 4 nitrogen and oxygen atoms in total. The van der Waals surface area contributed by atoms with Crippen LogP contribution < -0.4 is 0 Å². The molecule has 0 spiro atoms. The minimum absolute atomic E-state index is 0. The predicted octanol–water partition coefficient (Wildman–Crippen LogP) is 1.13. The average Bonchev–Trinajstić information content (AvgIpc) is 2.29. The molecule has 1 aliphatic rings. The van der Waals surface area contributed by atoms with Crippen molar-refractivity contribution in [3.05, 3.63) is 0 Å². The molecule has 16 heavy (non-hydrogen) atoms. The lowest BCUT2D eigenvalue weighted by Crippen LogP contribution is -2.60. The van der Waals surface area contributed by atoms with Crippen LogP contribution in [0.15, 0.2) is 0 Å². The lowest BCUT2D eigenvalue weighted by atomic mass is 10.2. The predicted molar refractivity (Wildman–Crippen MR) is 77.5 cm³/mol. The van der Waals surface area contributed by atoms with E-state index >= 15 is 0 Å². The fourth-order valence-electron chi connectivity index (χ4n) is 2.19. The van der Waals surface area contributed by atoms with Gasteiger partial charge in [-0.1, -0.05) is 0 Å². The third kappa shape index (κ3) is 3.54. The monoisotopic (exact) mass is 363 g/mol. The quantitative estimate of drug-likeness (QED) is 0.555. The van der Waals surface area contributed by atoms with Crippen LogP contribution in [-0.4, -0.2) is 62.2 Å². The van der Waals surface area contributed by atoms with E-state index < -0.39 is 10.0 Å². The highest BCUT2D eigenvalue weighted by molar-refractivity contribution is 14.0. The molecule has 98 valence electrons. The molecule has 1 fully saturated rings. The first-order valence-electron chi connectivity index (χ1n) is 5.82. The Morgan fingerprint density at radius 3 is 1.81 bits per heavy atom. The Labute approximate surface area is 117 Å². The van der Waals surface area contributed by atoms with Gasteiger partial charge in [0.05, 0.1) is 45.0 Å². The Kier molecular flexibility index (Phi) is 6.75. The van der Waals surface area contributed by atoms with Crippen LogP contribution in [0.3, 0.4) is 0 Å². The number of sulfonamides is 1. The van der Waals surface area contributed by atoms with E-state index in [0.29, 0.717) is 13.1 Å². The number of rotatable bonds is 4. The smallest absolute Gasteiger partial charge is 0.214 e. The maximum Gasteiger partial charge on any atom is 0.214 e. The van der Waals surface area contributed by atoms with E-state index in [1.807, 2.05) is 0 Å². The van der Waals surface area contributed by atoms with Crippen LogP contribution in [0.25, 0.3) is 0 Å². The van der Waals surface area contributed by atoms with Gasteiger partial charge in [-0.25, -0.2) is 8.42 Å². The summed E-state index contributed by atoms with van der Waals surface area (Å²) in [6, 6.07) is 0. The molecule has 0 aliphatic carbocycles. The molecule has 0 aromatic heterocycles. The van der Waals surface area contributed by atoms with Crippen molar-refractivity contribution >= 4 is 34.0 Å². The van der Waals surface area contributed by atoms with E-state index in [9.17, 15) is 8.42 Å². The molecule has 1 aliphatic heterocycles. The summed E-state index contributed by atoms with van der Waals surface area (Å²) >= 11 is 0. The Morgan fingerprint density at radius 1 is 1.06 bits per heavy atom. The average molecular weight is 363 g/mol. The molecule has 0 unspecified atom stereocenters. The van der Waals surface area contributed by atoms with E-state index in [2.05, 4.69) is 13.8 Å². The first-order valence-corrected chi connectivity index (χ1v) is 7.43. The molecule has 0 bridgehead atoms.